The average molecular weight is 475 g/mol. The molecular formula is C21H19ClF4N2O4. The van der Waals surface area contributed by atoms with Crippen LogP contribution in [0, 0.1) is 5.82 Å². The molecule has 11 heteroatoms. The van der Waals surface area contributed by atoms with Crippen LogP contribution in [0.15, 0.2) is 54.6 Å². The van der Waals surface area contributed by atoms with Gasteiger partial charge in [-0.15, -0.1) is 13.2 Å². The van der Waals surface area contributed by atoms with Gasteiger partial charge in [0.15, 0.2) is 6.61 Å². The van der Waals surface area contributed by atoms with Crippen LogP contribution in [0.1, 0.15) is 12.0 Å². The van der Waals surface area contributed by atoms with E-state index in [9.17, 15) is 27.2 Å². The smallest absolute Gasteiger partial charge is 0.484 e. The molecule has 2 amide bonds. The molecule has 2 rings (SSSR count). The Labute approximate surface area is 186 Å². The molecule has 2 N–H and O–H groups in total. The third kappa shape index (κ3) is 8.84. The minimum absolute atomic E-state index is 0.0369. The van der Waals surface area contributed by atoms with E-state index in [0.717, 1.165) is 18.2 Å². The van der Waals surface area contributed by atoms with E-state index in [4.69, 9.17) is 16.3 Å². The zero-order chi connectivity index (χ0) is 23.7. The quantitative estimate of drug-likeness (QED) is 0.401. The van der Waals surface area contributed by atoms with Gasteiger partial charge < -0.3 is 20.1 Å². The summed E-state index contributed by atoms with van der Waals surface area (Å²) in [6.45, 7) is 3.31. The lowest BCUT2D eigenvalue weighted by atomic mass is 10.1. The Morgan fingerprint density at radius 2 is 1.81 bits per heavy atom. The zero-order valence-electron chi connectivity index (χ0n) is 16.6. The van der Waals surface area contributed by atoms with E-state index < -0.39 is 29.7 Å². The normalized spacial score (nSPS) is 10.9. The van der Waals surface area contributed by atoms with E-state index in [1.807, 2.05) is 0 Å². The molecule has 2 aromatic rings. The monoisotopic (exact) mass is 474 g/mol. The Hall–Kier alpha value is -3.27. The molecule has 0 unspecified atom stereocenters. The fourth-order valence-electron chi connectivity index (χ4n) is 2.39. The number of alkyl halides is 3. The number of hydrogen-bond acceptors (Lipinski definition) is 4. The van der Waals surface area contributed by atoms with Crippen LogP contribution in [0.2, 0.25) is 5.02 Å². The van der Waals surface area contributed by atoms with Crippen LogP contribution in [0.5, 0.6) is 11.5 Å². The van der Waals surface area contributed by atoms with Crippen molar-refractivity contribution in [1.82, 2.24) is 10.6 Å². The van der Waals surface area contributed by atoms with E-state index in [0.29, 0.717) is 5.56 Å². The summed E-state index contributed by atoms with van der Waals surface area (Å²) in [6.07, 6.45) is -4.68. The second kappa shape index (κ2) is 11.4. The molecule has 0 atom stereocenters. The van der Waals surface area contributed by atoms with Crippen LogP contribution >= 0.6 is 11.6 Å². The van der Waals surface area contributed by atoms with Crippen LogP contribution in [0.25, 0.3) is 0 Å². The molecule has 0 aliphatic rings. The van der Waals surface area contributed by atoms with Crippen molar-refractivity contribution in [3.05, 3.63) is 71.0 Å². The molecule has 32 heavy (non-hydrogen) atoms. The zero-order valence-corrected chi connectivity index (χ0v) is 17.4. The number of carbonyl (C=O) groups excluding carboxylic acids is 2. The van der Waals surface area contributed by atoms with E-state index in [1.54, 1.807) is 0 Å². The van der Waals surface area contributed by atoms with Crippen LogP contribution < -0.4 is 20.1 Å². The average Bonchev–Trinajstić information content (AvgIpc) is 2.71. The number of rotatable bonds is 10. The fourth-order valence-corrected chi connectivity index (χ4v) is 2.51. The van der Waals surface area contributed by atoms with Gasteiger partial charge >= 0.3 is 6.36 Å². The summed E-state index contributed by atoms with van der Waals surface area (Å²) in [7, 11) is 0. The predicted octanol–water partition coefficient (Wildman–Crippen LogP) is 4.14. The molecule has 2 aromatic carbocycles. The molecule has 0 bridgehead atoms. The van der Waals surface area contributed by atoms with Crippen LogP contribution in [0.4, 0.5) is 17.6 Å². The van der Waals surface area contributed by atoms with Gasteiger partial charge in [0, 0.05) is 24.7 Å². The maximum absolute atomic E-state index is 13.3. The van der Waals surface area contributed by atoms with Crippen molar-refractivity contribution in [3.8, 4) is 11.5 Å². The van der Waals surface area contributed by atoms with Crippen molar-refractivity contribution in [2.24, 2.45) is 0 Å². The third-order valence-corrected chi connectivity index (χ3v) is 4.22. The minimum atomic E-state index is -4.81. The van der Waals surface area contributed by atoms with Crippen molar-refractivity contribution in [2.45, 2.75) is 19.3 Å². The second-order valence-corrected chi connectivity index (χ2v) is 6.85. The summed E-state index contributed by atoms with van der Waals surface area (Å²) in [5.41, 5.74) is 0.561. The van der Waals surface area contributed by atoms with Gasteiger partial charge in [0.1, 0.15) is 17.3 Å². The van der Waals surface area contributed by atoms with Gasteiger partial charge in [0.05, 0.1) is 5.02 Å². The number of halogens is 5. The summed E-state index contributed by atoms with van der Waals surface area (Å²) in [5.74, 6) is -1.94. The lowest BCUT2D eigenvalue weighted by Gasteiger charge is -2.11. The minimum Gasteiger partial charge on any atom is -0.484 e. The molecule has 0 fully saturated rings. The molecular weight excluding hydrogens is 456 g/mol. The molecule has 0 aliphatic heterocycles. The number of amides is 2. The Morgan fingerprint density at radius 1 is 1.06 bits per heavy atom. The predicted molar refractivity (Wildman–Crippen MR) is 109 cm³/mol. The van der Waals surface area contributed by atoms with E-state index in [1.165, 1.54) is 24.3 Å². The number of hydrogen-bond donors (Lipinski definition) is 2. The Kier molecular flexibility index (Phi) is 8.89. The van der Waals surface area contributed by atoms with Gasteiger partial charge in [-0.3, -0.25) is 9.59 Å². The fraction of sp³-hybridized carbons (Fsp3) is 0.238. The first-order valence-corrected chi connectivity index (χ1v) is 9.56. The van der Waals surface area contributed by atoms with Gasteiger partial charge in [-0.2, -0.15) is 0 Å². The Morgan fingerprint density at radius 3 is 2.50 bits per heavy atom. The highest BCUT2D eigenvalue weighted by atomic mass is 35.5. The maximum atomic E-state index is 13.3. The van der Waals surface area contributed by atoms with Crippen LogP contribution in [-0.4, -0.2) is 31.3 Å². The summed E-state index contributed by atoms with van der Waals surface area (Å²) >= 11 is 5.56. The molecule has 0 heterocycles. The highest BCUT2D eigenvalue weighted by Crippen LogP contribution is 2.23. The number of carbonyl (C=O) groups is 2. The van der Waals surface area contributed by atoms with E-state index >= 15 is 0 Å². The number of benzene rings is 2. The summed E-state index contributed by atoms with van der Waals surface area (Å²) in [6, 6.07) is 8.96. The highest BCUT2D eigenvalue weighted by molar-refractivity contribution is 6.30. The first-order chi connectivity index (χ1) is 15.0. The van der Waals surface area contributed by atoms with Crippen LogP contribution in [0.3, 0.4) is 0 Å². The molecule has 0 saturated carbocycles. The van der Waals surface area contributed by atoms with Gasteiger partial charge in [0.2, 0.25) is 5.91 Å². The summed E-state index contributed by atoms with van der Waals surface area (Å²) in [5, 5.41) is 4.98. The number of ether oxygens (including phenoxy) is 2. The SMILES string of the molecule is C=C(CCNC(=O)COc1ccc(Cl)c(F)c1)C(=O)NCc1cccc(OC(F)(F)F)c1. The Bertz CT molecular complexity index is 983. The number of nitrogens with one attached hydrogen (secondary N) is 2. The standard InChI is InChI=1S/C21H19ClF4N2O4/c1-13(7-8-27-19(29)12-31-15-5-6-17(22)18(23)10-15)20(30)28-11-14-3-2-4-16(9-14)32-21(24,25)26/h2-6,9-10H,1,7-8,11-12H2,(H,27,29)(H,28,30). The lowest BCUT2D eigenvalue weighted by molar-refractivity contribution is -0.274. The lowest BCUT2D eigenvalue weighted by Crippen LogP contribution is -2.31. The van der Waals surface area contributed by atoms with Gasteiger partial charge in [-0.1, -0.05) is 30.3 Å². The molecule has 0 aliphatic carbocycles. The van der Waals surface area contributed by atoms with Crippen molar-refractivity contribution >= 4 is 23.4 Å². The van der Waals surface area contributed by atoms with Crippen molar-refractivity contribution in [1.29, 1.82) is 0 Å². The van der Waals surface area contributed by atoms with E-state index in [2.05, 4.69) is 21.9 Å². The highest BCUT2D eigenvalue weighted by Gasteiger charge is 2.31. The largest absolute Gasteiger partial charge is 0.573 e. The molecule has 0 spiro atoms. The first-order valence-electron chi connectivity index (χ1n) is 9.18. The molecule has 6 nitrogen and oxygen atoms in total. The maximum Gasteiger partial charge on any atom is 0.573 e. The molecule has 0 aromatic heterocycles. The molecule has 172 valence electrons. The van der Waals surface area contributed by atoms with Gasteiger partial charge in [-0.25, -0.2) is 4.39 Å². The third-order valence-electron chi connectivity index (χ3n) is 3.92. The first kappa shape index (κ1) is 25.0. The molecule has 0 saturated heterocycles. The van der Waals surface area contributed by atoms with Crippen molar-refractivity contribution in [3.63, 3.8) is 0 Å². The van der Waals surface area contributed by atoms with E-state index in [-0.39, 0.29) is 42.5 Å². The summed E-state index contributed by atoms with van der Waals surface area (Å²) in [4.78, 5) is 23.9. The van der Waals surface area contributed by atoms with Gasteiger partial charge in [-0.05, 0) is 36.2 Å². The van der Waals surface area contributed by atoms with Crippen molar-refractivity contribution in [2.75, 3.05) is 13.2 Å². The summed E-state index contributed by atoms with van der Waals surface area (Å²) < 4.78 is 59.1. The molecule has 0 radical (unpaired) electrons. The Balaban J connectivity index is 1.69. The van der Waals surface area contributed by atoms with Gasteiger partial charge in [0.25, 0.3) is 5.91 Å². The topological polar surface area (TPSA) is 76.7 Å². The second-order valence-electron chi connectivity index (χ2n) is 6.45. The van der Waals surface area contributed by atoms with Crippen molar-refractivity contribution < 1.29 is 36.6 Å². The van der Waals surface area contributed by atoms with Crippen LogP contribution in [-0.2, 0) is 16.1 Å².